The highest BCUT2D eigenvalue weighted by molar-refractivity contribution is 6.30. The smallest absolute Gasteiger partial charge is 0.301 e. The first kappa shape index (κ1) is 14.3. The van der Waals surface area contributed by atoms with Crippen molar-refractivity contribution in [1.82, 2.24) is 14.5 Å². The van der Waals surface area contributed by atoms with Crippen molar-refractivity contribution in [1.29, 1.82) is 0 Å². The van der Waals surface area contributed by atoms with E-state index in [1.807, 2.05) is 6.92 Å². The summed E-state index contributed by atoms with van der Waals surface area (Å²) in [5, 5.41) is 0.136. The quantitative estimate of drug-likeness (QED) is 0.857. The fraction of sp³-hybridized carbons (Fsp3) is 0.692. The van der Waals surface area contributed by atoms with Crippen molar-refractivity contribution in [2.24, 2.45) is 0 Å². The Morgan fingerprint density at radius 2 is 1.89 bits per heavy atom. The van der Waals surface area contributed by atoms with Gasteiger partial charge in [-0.1, -0.05) is 18.0 Å². The molecule has 1 aromatic rings. The third-order valence-electron chi connectivity index (χ3n) is 3.72. The number of nitrogens with one attached hydrogen (secondary N) is 1. The lowest BCUT2D eigenvalue weighted by atomic mass is 10.1. The molecule has 1 N–H and O–H groups in total. The van der Waals surface area contributed by atoms with Crippen molar-refractivity contribution in [3.63, 3.8) is 0 Å². The molecule has 1 atom stereocenters. The van der Waals surface area contributed by atoms with E-state index in [1.165, 1.54) is 23.8 Å². The summed E-state index contributed by atoms with van der Waals surface area (Å²) in [4.78, 5) is 28.9. The number of hydrogen-bond donors (Lipinski definition) is 1. The minimum atomic E-state index is -0.426. The topological polar surface area (TPSA) is 58.1 Å². The first-order valence-corrected chi connectivity index (χ1v) is 7.11. The molecule has 106 valence electrons. The second-order valence-corrected chi connectivity index (χ2v) is 5.63. The SMILES string of the molecule is Cc1c(Cl)[nH]c(=O)n(C(C)CN2CCCCC2)c1=O. The predicted molar refractivity (Wildman–Crippen MR) is 76.1 cm³/mol. The fourth-order valence-electron chi connectivity index (χ4n) is 2.61. The van der Waals surface area contributed by atoms with Gasteiger partial charge in [0.05, 0.1) is 6.04 Å². The molecule has 0 amide bonds. The molecule has 0 bridgehead atoms. The van der Waals surface area contributed by atoms with E-state index in [1.54, 1.807) is 6.92 Å². The van der Waals surface area contributed by atoms with Gasteiger partial charge in [0.25, 0.3) is 5.56 Å². The van der Waals surface area contributed by atoms with Crippen LogP contribution in [0.15, 0.2) is 9.59 Å². The standard InChI is InChI=1S/C13H20ClN3O2/c1-9(8-16-6-4-3-5-7-16)17-12(18)10(2)11(14)15-13(17)19/h9H,3-8H2,1-2H3,(H,15,19). The molecule has 0 radical (unpaired) electrons. The van der Waals surface area contributed by atoms with Gasteiger partial charge >= 0.3 is 5.69 Å². The van der Waals surface area contributed by atoms with Gasteiger partial charge in [-0.2, -0.15) is 0 Å². The minimum Gasteiger partial charge on any atom is -0.301 e. The molecule has 1 fully saturated rings. The molecule has 0 saturated carbocycles. The molecule has 1 saturated heterocycles. The van der Waals surface area contributed by atoms with Crippen LogP contribution in [0.1, 0.15) is 37.8 Å². The lowest BCUT2D eigenvalue weighted by Crippen LogP contribution is -2.43. The van der Waals surface area contributed by atoms with Gasteiger partial charge in [0.15, 0.2) is 0 Å². The summed E-state index contributed by atoms with van der Waals surface area (Å²) in [6.07, 6.45) is 3.65. The molecule has 6 heteroatoms. The van der Waals surface area contributed by atoms with Crippen molar-refractivity contribution >= 4 is 11.6 Å². The summed E-state index contributed by atoms with van der Waals surface area (Å²) in [5.74, 6) is 0. The maximum atomic E-state index is 12.1. The number of halogens is 1. The highest BCUT2D eigenvalue weighted by Gasteiger charge is 2.18. The van der Waals surface area contributed by atoms with Gasteiger partial charge in [-0.3, -0.25) is 14.3 Å². The molecular formula is C13H20ClN3O2. The molecule has 1 aliphatic rings. The maximum absolute atomic E-state index is 12.1. The van der Waals surface area contributed by atoms with E-state index in [0.717, 1.165) is 19.6 Å². The van der Waals surface area contributed by atoms with E-state index < -0.39 is 5.69 Å². The number of likely N-dealkylation sites (tertiary alicyclic amines) is 1. The number of hydrogen-bond acceptors (Lipinski definition) is 3. The van der Waals surface area contributed by atoms with E-state index >= 15 is 0 Å². The number of rotatable bonds is 3. The zero-order valence-corrected chi connectivity index (χ0v) is 12.2. The number of aromatic amines is 1. The van der Waals surface area contributed by atoms with Crippen LogP contribution >= 0.6 is 11.6 Å². The van der Waals surface area contributed by atoms with Crippen molar-refractivity contribution in [2.75, 3.05) is 19.6 Å². The monoisotopic (exact) mass is 285 g/mol. The van der Waals surface area contributed by atoms with Crippen LogP contribution in [0.5, 0.6) is 0 Å². The average Bonchev–Trinajstić information content (AvgIpc) is 2.37. The van der Waals surface area contributed by atoms with Crippen molar-refractivity contribution in [3.05, 3.63) is 31.6 Å². The van der Waals surface area contributed by atoms with Crippen LogP contribution in [-0.2, 0) is 0 Å². The maximum Gasteiger partial charge on any atom is 0.329 e. The lowest BCUT2D eigenvalue weighted by Gasteiger charge is -2.29. The van der Waals surface area contributed by atoms with Crippen LogP contribution in [0.25, 0.3) is 0 Å². The molecule has 1 unspecified atom stereocenters. The van der Waals surface area contributed by atoms with E-state index in [4.69, 9.17) is 11.6 Å². The molecule has 0 aliphatic carbocycles. The highest BCUT2D eigenvalue weighted by atomic mass is 35.5. The molecule has 19 heavy (non-hydrogen) atoms. The normalized spacial score (nSPS) is 18.5. The second-order valence-electron chi connectivity index (χ2n) is 5.25. The van der Waals surface area contributed by atoms with Crippen LogP contribution in [-0.4, -0.2) is 34.1 Å². The van der Waals surface area contributed by atoms with Gasteiger partial charge in [0, 0.05) is 12.1 Å². The Morgan fingerprint density at radius 1 is 1.26 bits per heavy atom. The van der Waals surface area contributed by atoms with Gasteiger partial charge in [0.1, 0.15) is 5.15 Å². The summed E-state index contributed by atoms with van der Waals surface area (Å²) in [5.41, 5.74) is -0.324. The number of H-pyrrole nitrogens is 1. The summed E-state index contributed by atoms with van der Waals surface area (Å²) in [6.45, 7) is 6.35. The molecule has 0 spiro atoms. The molecule has 1 aliphatic heterocycles. The first-order chi connectivity index (χ1) is 9.00. The Kier molecular flexibility index (Phi) is 4.47. The van der Waals surface area contributed by atoms with E-state index in [0.29, 0.717) is 5.56 Å². The van der Waals surface area contributed by atoms with Gasteiger partial charge in [0.2, 0.25) is 0 Å². The van der Waals surface area contributed by atoms with Crippen LogP contribution < -0.4 is 11.2 Å². The Labute approximate surface area is 117 Å². The predicted octanol–water partition coefficient (Wildman–Crippen LogP) is 1.55. The number of aromatic nitrogens is 2. The van der Waals surface area contributed by atoms with Gasteiger partial charge in [-0.05, 0) is 39.8 Å². The van der Waals surface area contributed by atoms with Crippen molar-refractivity contribution in [3.8, 4) is 0 Å². The highest BCUT2D eigenvalue weighted by Crippen LogP contribution is 2.12. The Bertz CT molecular complexity index is 558. The van der Waals surface area contributed by atoms with Gasteiger partial charge in [-0.25, -0.2) is 4.79 Å². The zero-order valence-electron chi connectivity index (χ0n) is 11.4. The van der Waals surface area contributed by atoms with Crippen LogP contribution in [0.4, 0.5) is 0 Å². The van der Waals surface area contributed by atoms with Crippen molar-refractivity contribution in [2.45, 2.75) is 39.2 Å². The lowest BCUT2D eigenvalue weighted by molar-refractivity contribution is 0.198. The average molecular weight is 286 g/mol. The molecule has 5 nitrogen and oxygen atoms in total. The molecule has 2 rings (SSSR count). The van der Waals surface area contributed by atoms with Crippen LogP contribution in [0.2, 0.25) is 5.15 Å². The summed E-state index contributed by atoms with van der Waals surface area (Å²) in [7, 11) is 0. The molecule has 0 aromatic carbocycles. The van der Waals surface area contributed by atoms with Crippen molar-refractivity contribution < 1.29 is 0 Å². The summed E-state index contributed by atoms with van der Waals surface area (Å²) in [6, 6.07) is -0.148. The van der Waals surface area contributed by atoms with Gasteiger partial charge < -0.3 is 4.90 Å². The molecule has 2 heterocycles. The molecular weight excluding hydrogens is 266 g/mol. The number of piperidine rings is 1. The van der Waals surface area contributed by atoms with E-state index in [2.05, 4.69) is 9.88 Å². The Hall–Kier alpha value is -1.07. The summed E-state index contributed by atoms with van der Waals surface area (Å²) >= 11 is 5.81. The van der Waals surface area contributed by atoms with E-state index in [-0.39, 0.29) is 16.8 Å². The third kappa shape index (κ3) is 3.09. The number of nitrogens with zero attached hydrogens (tertiary/aromatic N) is 2. The molecule has 1 aromatic heterocycles. The van der Waals surface area contributed by atoms with Crippen LogP contribution in [0.3, 0.4) is 0 Å². The second kappa shape index (κ2) is 5.92. The third-order valence-corrected chi connectivity index (χ3v) is 4.09. The first-order valence-electron chi connectivity index (χ1n) is 6.74. The Balaban J connectivity index is 2.23. The largest absolute Gasteiger partial charge is 0.329 e. The summed E-state index contributed by atoms with van der Waals surface area (Å²) < 4.78 is 1.27. The fourth-order valence-corrected chi connectivity index (χ4v) is 2.77. The van der Waals surface area contributed by atoms with E-state index in [9.17, 15) is 9.59 Å². The van der Waals surface area contributed by atoms with Crippen LogP contribution in [0, 0.1) is 6.92 Å². The van der Waals surface area contributed by atoms with Gasteiger partial charge in [-0.15, -0.1) is 0 Å². The Morgan fingerprint density at radius 3 is 2.53 bits per heavy atom. The zero-order chi connectivity index (χ0) is 14.0. The minimum absolute atomic E-state index is 0.136.